The van der Waals surface area contributed by atoms with Crippen LogP contribution in [0.4, 0.5) is 8.78 Å². The summed E-state index contributed by atoms with van der Waals surface area (Å²) in [5, 5.41) is 3.09. The van der Waals surface area contributed by atoms with Gasteiger partial charge in [0, 0.05) is 44.2 Å². The molecular formula is C25H32ClF2N3O2. The highest BCUT2D eigenvalue weighted by atomic mass is 35.5. The van der Waals surface area contributed by atoms with E-state index in [0.29, 0.717) is 44.7 Å². The molecule has 4 aliphatic carbocycles. The van der Waals surface area contributed by atoms with Crippen molar-refractivity contribution in [2.45, 2.75) is 51.5 Å². The highest BCUT2D eigenvalue weighted by Gasteiger charge is 2.51. The molecular weight excluding hydrogens is 448 g/mol. The number of nitrogens with zero attached hydrogens (tertiary/aromatic N) is 2. The van der Waals surface area contributed by atoms with E-state index in [1.165, 1.54) is 38.5 Å². The van der Waals surface area contributed by atoms with Gasteiger partial charge in [-0.3, -0.25) is 14.5 Å². The van der Waals surface area contributed by atoms with Gasteiger partial charge in [0.15, 0.2) is 11.6 Å². The molecule has 2 amide bonds. The standard InChI is InChI=1S/C25H32ClF2N3O2/c26-20-9-22(28)21(27)8-19(20)15-30-1-3-31(4-2-30)24(33)14-29-23(32)13-25-10-16-5-17(11-25)7-18(6-16)12-25/h8-9,16-18H,1-7,10-15H2,(H,29,32). The van der Waals surface area contributed by atoms with Crippen LogP contribution in [0.5, 0.6) is 0 Å². The van der Waals surface area contributed by atoms with Crippen LogP contribution in [-0.2, 0) is 16.1 Å². The summed E-state index contributed by atoms with van der Waals surface area (Å²) in [5.41, 5.74) is 0.710. The van der Waals surface area contributed by atoms with Gasteiger partial charge in [-0.2, -0.15) is 0 Å². The molecule has 33 heavy (non-hydrogen) atoms. The van der Waals surface area contributed by atoms with Crippen molar-refractivity contribution in [2.75, 3.05) is 32.7 Å². The normalized spacial score (nSPS) is 31.1. The average Bonchev–Trinajstić information content (AvgIpc) is 2.75. The van der Waals surface area contributed by atoms with Crippen molar-refractivity contribution >= 4 is 23.4 Å². The molecule has 1 heterocycles. The molecule has 1 saturated heterocycles. The van der Waals surface area contributed by atoms with Gasteiger partial charge in [0.05, 0.1) is 6.54 Å². The first-order chi connectivity index (χ1) is 15.8. The third kappa shape index (κ3) is 5.04. The predicted octanol–water partition coefficient (Wildman–Crippen LogP) is 3.99. The molecule has 0 spiro atoms. The minimum atomic E-state index is -0.954. The second-order valence-corrected chi connectivity index (χ2v) is 11.3. The minimum Gasteiger partial charge on any atom is -0.347 e. The minimum absolute atomic E-state index is 0.0110. The van der Waals surface area contributed by atoms with Crippen molar-refractivity contribution in [3.05, 3.63) is 34.4 Å². The molecule has 180 valence electrons. The molecule has 0 radical (unpaired) electrons. The van der Waals surface area contributed by atoms with E-state index in [1.54, 1.807) is 4.90 Å². The van der Waals surface area contributed by atoms with Crippen molar-refractivity contribution in [1.82, 2.24) is 15.1 Å². The number of hydrogen-bond acceptors (Lipinski definition) is 3. The van der Waals surface area contributed by atoms with Crippen LogP contribution < -0.4 is 5.32 Å². The van der Waals surface area contributed by atoms with Gasteiger partial charge in [0.25, 0.3) is 0 Å². The van der Waals surface area contributed by atoms with Gasteiger partial charge < -0.3 is 10.2 Å². The Hall–Kier alpha value is -1.73. The van der Waals surface area contributed by atoms with Crippen molar-refractivity contribution in [3.63, 3.8) is 0 Å². The Kier molecular flexibility index (Phi) is 6.38. The zero-order valence-electron chi connectivity index (χ0n) is 18.9. The van der Waals surface area contributed by atoms with Crippen LogP contribution in [0.25, 0.3) is 0 Å². The summed E-state index contributed by atoms with van der Waals surface area (Å²) in [5.74, 6) is 0.503. The van der Waals surface area contributed by atoms with E-state index in [1.807, 2.05) is 0 Å². The molecule has 5 nitrogen and oxygen atoms in total. The molecule has 0 aromatic heterocycles. The average molecular weight is 480 g/mol. The molecule has 1 aromatic carbocycles. The van der Waals surface area contributed by atoms with Crippen molar-refractivity contribution in [2.24, 2.45) is 23.2 Å². The van der Waals surface area contributed by atoms with Crippen LogP contribution in [0.15, 0.2) is 12.1 Å². The Morgan fingerprint density at radius 3 is 2.15 bits per heavy atom. The van der Waals surface area contributed by atoms with E-state index in [9.17, 15) is 18.4 Å². The molecule has 8 heteroatoms. The molecule has 5 aliphatic rings. The number of piperazine rings is 1. The number of rotatable bonds is 6. The van der Waals surface area contributed by atoms with Crippen LogP contribution in [0, 0.1) is 34.8 Å². The second-order valence-electron chi connectivity index (χ2n) is 10.9. The van der Waals surface area contributed by atoms with Crippen LogP contribution in [-0.4, -0.2) is 54.3 Å². The smallest absolute Gasteiger partial charge is 0.242 e. The quantitative estimate of drug-likeness (QED) is 0.628. The maximum absolute atomic E-state index is 13.5. The number of hydrogen-bond donors (Lipinski definition) is 1. The summed E-state index contributed by atoms with van der Waals surface area (Å²) in [6, 6.07) is 2.13. The Labute approximate surface area is 198 Å². The van der Waals surface area contributed by atoms with Gasteiger partial charge in [0.2, 0.25) is 11.8 Å². The maximum Gasteiger partial charge on any atom is 0.242 e. The Morgan fingerprint density at radius 1 is 0.970 bits per heavy atom. The van der Waals surface area contributed by atoms with Gasteiger partial charge in [-0.05, 0) is 79.4 Å². The van der Waals surface area contributed by atoms with Gasteiger partial charge in [0.1, 0.15) is 0 Å². The zero-order valence-corrected chi connectivity index (χ0v) is 19.7. The van der Waals surface area contributed by atoms with E-state index in [4.69, 9.17) is 11.6 Å². The van der Waals surface area contributed by atoms with E-state index in [-0.39, 0.29) is 28.8 Å². The van der Waals surface area contributed by atoms with Gasteiger partial charge in [-0.15, -0.1) is 0 Å². The third-order valence-electron chi connectivity index (χ3n) is 8.35. The SMILES string of the molecule is O=C(CC12CC3CC(CC(C3)C1)C2)NCC(=O)N1CCN(Cc2cc(F)c(F)cc2Cl)CC1. The fraction of sp³-hybridized carbons (Fsp3) is 0.680. The fourth-order valence-electron chi connectivity index (χ4n) is 7.28. The fourth-order valence-corrected chi connectivity index (χ4v) is 7.49. The number of amides is 2. The molecule has 1 aliphatic heterocycles. The lowest BCUT2D eigenvalue weighted by molar-refractivity contribution is -0.136. The van der Waals surface area contributed by atoms with Crippen LogP contribution in [0.1, 0.15) is 50.5 Å². The largest absolute Gasteiger partial charge is 0.347 e. The summed E-state index contributed by atoms with van der Waals surface area (Å²) in [4.78, 5) is 29.2. The monoisotopic (exact) mass is 479 g/mol. The first-order valence-corrected chi connectivity index (χ1v) is 12.6. The summed E-state index contributed by atoms with van der Waals surface area (Å²) >= 11 is 6.04. The molecule has 4 bridgehead atoms. The van der Waals surface area contributed by atoms with Crippen LogP contribution in [0.2, 0.25) is 5.02 Å². The number of nitrogens with one attached hydrogen (secondary N) is 1. The molecule has 5 fully saturated rings. The highest BCUT2D eigenvalue weighted by molar-refractivity contribution is 6.31. The predicted molar refractivity (Wildman–Crippen MR) is 121 cm³/mol. The lowest BCUT2D eigenvalue weighted by Gasteiger charge is -2.56. The van der Waals surface area contributed by atoms with Crippen molar-refractivity contribution < 1.29 is 18.4 Å². The van der Waals surface area contributed by atoms with Gasteiger partial charge in [-0.25, -0.2) is 8.78 Å². The molecule has 0 unspecified atom stereocenters. The first kappa shape index (κ1) is 23.0. The summed E-state index contributed by atoms with van der Waals surface area (Å²) in [7, 11) is 0. The number of halogens is 3. The van der Waals surface area contributed by atoms with Crippen LogP contribution in [0.3, 0.4) is 0 Å². The first-order valence-electron chi connectivity index (χ1n) is 12.2. The summed E-state index contributed by atoms with van der Waals surface area (Å²) < 4.78 is 26.8. The lowest BCUT2D eigenvalue weighted by atomic mass is 9.49. The summed E-state index contributed by atoms with van der Waals surface area (Å²) in [6.07, 6.45) is 8.18. The van der Waals surface area contributed by atoms with Gasteiger partial charge in [-0.1, -0.05) is 11.6 Å². The number of carbonyl (C=O) groups is 2. The molecule has 4 saturated carbocycles. The molecule has 0 atom stereocenters. The Bertz CT molecular complexity index is 897. The highest BCUT2D eigenvalue weighted by Crippen LogP contribution is 2.61. The molecule has 6 rings (SSSR count). The van der Waals surface area contributed by atoms with E-state index >= 15 is 0 Å². The van der Waals surface area contributed by atoms with E-state index in [0.717, 1.165) is 29.9 Å². The Balaban J connectivity index is 1.06. The number of carbonyl (C=O) groups excluding carboxylic acids is 2. The summed E-state index contributed by atoms with van der Waals surface area (Å²) in [6.45, 7) is 2.74. The molecule has 1 N–H and O–H groups in total. The van der Waals surface area contributed by atoms with E-state index in [2.05, 4.69) is 10.2 Å². The second kappa shape index (κ2) is 9.14. The topological polar surface area (TPSA) is 52.7 Å². The maximum atomic E-state index is 13.5. The van der Waals surface area contributed by atoms with Crippen molar-refractivity contribution in [3.8, 4) is 0 Å². The van der Waals surface area contributed by atoms with E-state index < -0.39 is 11.6 Å². The Morgan fingerprint density at radius 2 is 1.55 bits per heavy atom. The van der Waals surface area contributed by atoms with Crippen molar-refractivity contribution in [1.29, 1.82) is 0 Å². The molecule has 1 aromatic rings. The third-order valence-corrected chi connectivity index (χ3v) is 8.70. The number of benzene rings is 1. The van der Waals surface area contributed by atoms with Crippen LogP contribution >= 0.6 is 11.6 Å². The van der Waals surface area contributed by atoms with Gasteiger partial charge >= 0.3 is 0 Å². The zero-order chi connectivity index (χ0) is 23.2. The lowest BCUT2D eigenvalue weighted by Crippen LogP contribution is -2.51.